The molecular formula is C14H23F3N2. The Kier molecular flexibility index (Phi) is 4.87. The lowest BCUT2D eigenvalue weighted by Gasteiger charge is -2.43. The van der Waals surface area contributed by atoms with Crippen LogP contribution in [0.1, 0.15) is 38.5 Å². The molecule has 1 unspecified atom stereocenters. The molecule has 0 aromatic carbocycles. The van der Waals surface area contributed by atoms with Gasteiger partial charge in [0, 0.05) is 25.2 Å². The van der Waals surface area contributed by atoms with E-state index in [1.54, 1.807) is 7.05 Å². The zero-order valence-corrected chi connectivity index (χ0v) is 11.5. The summed E-state index contributed by atoms with van der Waals surface area (Å²) in [5, 5.41) is 0. The molecule has 0 bridgehead atoms. The number of halogens is 3. The summed E-state index contributed by atoms with van der Waals surface area (Å²) in [4.78, 5) is 6.33. The summed E-state index contributed by atoms with van der Waals surface area (Å²) in [6.45, 7) is 1.90. The molecule has 0 N–H and O–H groups in total. The van der Waals surface area contributed by atoms with Gasteiger partial charge < -0.3 is 4.99 Å². The molecule has 1 aliphatic heterocycles. The molecule has 2 rings (SSSR count). The Bertz CT molecular complexity index is 308. The summed E-state index contributed by atoms with van der Waals surface area (Å²) < 4.78 is 38.8. The van der Waals surface area contributed by atoms with Crippen LogP contribution in [0.5, 0.6) is 0 Å². The zero-order chi connectivity index (χ0) is 13.9. The van der Waals surface area contributed by atoms with Crippen molar-refractivity contribution in [2.24, 2.45) is 16.8 Å². The minimum absolute atomic E-state index is 0.0318. The van der Waals surface area contributed by atoms with Gasteiger partial charge in [-0.1, -0.05) is 6.42 Å². The summed E-state index contributed by atoms with van der Waals surface area (Å²) in [7, 11) is 1.71. The Morgan fingerprint density at radius 1 is 1.11 bits per heavy atom. The molecule has 19 heavy (non-hydrogen) atoms. The Balaban J connectivity index is 2.07. The molecule has 2 aliphatic rings. The maximum atomic E-state index is 12.9. The normalized spacial score (nSPS) is 34.8. The van der Waals surface area contributed by atoms with Gasteiger partial charge in [0.05, 0.1) is 5.92 Å². The number of nitrogens with zero attached hydrogens (tertiary/aromatic N) is 2. The molecule has 5 heteroatoms. The van der Waals surface area contributed by atoms with Gasteiger partial charge in [0.15, 0.2) is 0 Å². The lowest BCUT2D eigenvalue weighted by atomic mass is 9.77. The predicted molar refractivity (Wildman–Crippen MR) is 70.5 cm³/mol. The highest BCUT2D eigenvalue weighted by atomic mass is 19.4. The van der Waals surface area contributed by atoms with Crippen molar-refractivity contribution in [3.05, 3.63) is 0 Å². The number of hydrogen-bond donors (Lipinski definition) is 0. The number of aliphatic imine (C=N–C) groups is 1. The first kappa shape index (κ1) is 14.8. The minimum Gasteiger partial charge on any atom is -0.301 e. The van der Waals surface area contributed by atoms with Crippen LogP contribution in [-0.4, -0.2) is 43.5 Å². The fourth-order valence-corrected chi connectivity index (χ4v) is 3.50. The predicted octanol–water partition coefficient (Wildman–Crippen LogP) is 3.52. The molecule has 2 fully saturated rings. The highest BCUT2D eigenvalue weighted by molar-refractivity contribution is 5.61. The Morgan fingerprint density at radius 3 is 2.37 bits per heavy atom. The van der Waals surface area contributed by atoms with Crippen LogP contribution in [0, 0.1) is 11.8 Å². The van der Waals surface area contributed by atoms with Crippen molar-refractivity contribution >= 4 is 6.21 Å². The first-order valence-corrected chi connectivity index (χ1v) is 7.25. The Morgan fingerprint density at radius 2 is 1.79 bits per heavy atom. The molecule has 1 saturated heterocycles. The fraction of sp³-hybridized carbons (Fsp3) is 0.929. The molecule has 0 aromatic rings. The lowest BCUT2D eigenvalue weighted by Crippen LogP contribution is -2.49. The van der Waals surface area contributed by atoms with Crippen LogP contribution >= 0.6 is 0 Å². The second kappa shape index (κ2) is 6.25. The van der Waals surface area contributed by atoms with Crippen LogP contribution in [0.25, 0.3) is 0 Å². The van der Waals surface area contributed by atoms with Crippen LogP contribution in [0.3, 0.4) is 0 Å². The van der Waals surface area contributed by atoms with Gasteiger partial charge in [-0.3, -0.25) is 4.90 Å². The number of rotatable bonds is 2. The zero-order valence-electron chi connectivity index (χ0n) is 11.5. The number of alkyl halides is 3. The van der Waals surface area contributed by atoms with E-state index in [4.69, 9.17) is 0 Å². The molecule has 1 saturated carbocycles. The van der Waals surface area contributed by atoms with Gasteiger partial charge >= 0.3 is 6.18 Å². The van der Waals surface area contributed by atoms with Crippen LogP contribution < -0.4 is 0 Å². The summed E-state index contributed by atoms with van der Waals surface area (Å²) >= 11 is 0. The summed E-state index contributed by atoms with van der Waals surface area (Å²) in [5.41, 5.74) is 0. The van der Waals surface area contributed by atoms with Gasteiger partial charge in [-0.05, 0) is 45.2 Å². The van der Waals surface area contributed by atoms with Gasteiger partial charge in [-0.15, -0.1) is 0 Å². The van der Waals surface area contributed by atoms with Crippen molar-refractivity contribution in [3.8, 4) is 0 Å². The van der Waals surface area contributed by atoms with Crippen LogP contribution in [0.2, 0.25) is 0 Å². The van der Waals surface area contributed by atoms with Gasteiger partial charge in [0.2, 0.25) is 0 Å². The van der Waals surface area contributed by atoms with Crippen LogP contribution in [0.15, 0.2) is 4.99 Å². The van der Waals surface area contributed by atoms with Gasteiger partial charge in [-0.25, -0.2) is 0 Å². The average Bonchev–Trinajstić information content (AvgIpc) is 2.39. The minimum atomic E-state index is -4.04. The molecule has 3 atom stereocenters. The van der Waals surface area contributed by atoms with Crippen molar-refractivity contribution in [1.29, 1.82) is 0 Å². The highest BCUT2D eigenvalue weighted by Gasteiger charge is 2.45. The molecular weight excluding hydrogens is 253 g/mol. The van der Waals surface area contributed by atoms with Gasteiger partial charge in [0.25, 0.3) is 0 Å². The van der Waals surface area contributed by atoms with Crippen LogP contribution in [-0.2, 0) is 0 Å². The second-order valence-electron chi connectivity index (χ2n) is 5.79. The third-order valence-corrected chi connectivity index (χ3v) is 4.53. The molecule has 0 amide bonds. The fourth-order valence-electron chi connectivity index (χ4n) is 3.50. The van der Waals surface area contributed by atoms with E-state index in [0.717, 1.165) is 25.9 Å². The van der Waals surface area contributed by atoms with Crippen LogP contribution in [0.4, 0.5) is 13.2 Å². The van der Waals surface area contributed by atoms with Crippen molar-refractivity contribution in [1.82, 2.24) is 4.90 Å². The summed E-state index contributed by atoms with van der Waals surface area (Å²) in [6, 6.07) is 0.0318. The van der Waals surface area contributed by atoms with Crippen molar-refractivity contribution in [2.45, 2.75) is 50.7 Å². The third-order valence-electron chi connectivity index (χ3n) is 4.53. The molecule has 1 aliphatic carbocycles. The third kappa shape index (κ3) is 3.71. The average molecular weight is 276 g/mol. The van der Waals surface area contributed by atoms with Gasteiger partial charge in [-0.2, -0.15) is 13.2 Å². The number of piperidine rings is 1. The monoisotopic (exact) mass is 276 g/mol. The highest BCUT2D eigenvalue weighted by Crippen LogP contribution is 2.41. The SMILES string of the molecule is CN=CC1CC[C@H](C(F)(F)F)C[C@@H]1N1CCCCC1. The standard InChI is InChI=1S/C14H23F3N2/c1-18-10-11-5-6-12(14(15,16)17)9-13(11)19-7-3-2-4-8-19/h10-13H,2-9H2,1H3/t11?,12-,13-/m0/s1. The Hall–Kier alpha value is -0.580. The van der Waals surface area contributed by atoms with Crippen molar-refractivity contribution in [3.63, 3.8) is 0 Å². The first-order chi connectivity index (χ1) is 9.02. The molecule has 0 aromatic heterocycles. The molecule has 0 spiro atoms. The quantitative estimate of drug-likeness (QED) is 0.705. The van der Waals surface area contributed by atoms with Crippen molar-refractivity contribution in [2.75, 3.05) is 20.1 Å². The molecule has 2 nitrogen and oxygen atoms in total. The lowest BCUT2D eigenvalue weighted by molar-refractivity contribution is -0.188. The second-order valence-corrected chi connectivity index (χ2v) is 5.79. The molecule has 1 heterocycles. The largest absolute Gasteiger partial charge is 0.391 e. The van der Waals surface area contributed by atoms with E-state index in [1.807, 2.05) is 6.21 Å². The topological polar surface area (TPSA) is 15.6 Å². The van der Waals surface area contributed by atoms with Crippen molar-refractivity contribution < 1.29 is 13.2 Å². The van der Waals surface area contributed by atoms with E-state index in [0.29, 0.717) is 6.42 Å². The van der Waals surface area contributed by atoms with E-state index in [-0.39, 0.29) is 24.8 Å². The molecule has 110 valence electrons. The maximum Gasteiger partial charge on any atom is 0.391 e. The number of hydrogen-bond acceptors (Lipinski definition) is 2. The van der Waals surface area contributed by atoms with Gasteiger partial charge in [0.1, 0.15) is 0 Å². The summed E-state index contributed by atoms with van der Waals surface area (Å²) in [5.74, 6) is -0.928. The summed E-state index contributed by atoms with van der Waals surface area (Å²) in [6.07, 6.45) is 2.38. The maximum absolute atomic E-state index is 12.9. The first-order valence-electron chi connectivity index (χ1n) is 7.25. The van der Waals surface area contributed by atoms with E-state index >= 15 is 0 Å². The van der Waals surface area contributed by atoms with E-state index in [9.17, 15) is 13.2 Å². The van der Waals surface area contributed by atoms with E-state index in [2.05, 4.69) is 9.89 Å². The van der Waals surface area contributed by atoms with E-state index < -0.39 is 12.1 Å². The Labute approximate surface area is 113 Å². The smallest absolute Gasteiger partial charge is 0.301 e. The van der Waals surface area contributed by atoms with E-state index in [1.165, 1.54) is 6.42 Å². The molecule has 0 radical (unpaired) electrons. The number of likely N-dealkylation sites (tertiary alicyclic amines) is 1.